The fraction of sp³-hybridized carbons (Fsp3) is 0.571. The van der Waals surface area contributed by atoms with E-state index in [1.54, 1.807) is 11.9 Å². The summed E-state index contributed by atoms with van der Waals surface area (Å²) in [7, 11) is 1.72. The van der Waals surface area contributed by atoms with Gasteiger partial charge < -0.3 is 5.32 Å². The van der Waals surface area contributed by atoms with Crippen LogP contribution in [-0.4, -0.2) is 31.0 Å². The average molecular weight is 256 g/mol. The molecule has 0 saturated carbocycles. The maximum absolute atomic E-state index is 12.3. The van der Waals surface area contributed by atoms with Crippen molar-refractivity contribution in [2.24, 2.45) is 0 Å². The van der Waals surface area contributed by atoms with Crippen molar-refractivity contribution in [3.05, 3.63) is 35.4 Å². The normalized spacial score (nSPS) is 11.8. The van der Waals surface area contributed by atoms with Crippen LogP contribution in [0.2, 0.25) is 0 Å². The van der Waals surface area contributed by atoms with E-state index >= 15 is 0 Å². The molecule has 0 bridgehead atoms. The standard InChI is InChI=1S/C14H22F2N2/c1-11(2)17-8-12-6-4-5-7-13(12)9-18(3)10-14(15)16/h4-7,11,14,17H,8-10H2,1-3H3. The zero-order valence-electron chi connectivity index (χ0n) is 11.3. The van der Waals surface area contributed by atoms with Crippen LogP contribution in [0.15, 0.2) is 24.3 Å². The minimum atomic E-state index is -2.28. The zero-order chi connectivity index (χ0) is 13.5. The number of rotatable bonds is 7. The van der Waals surface area contributed by atoms with Crippen LogP contribution in [0, 0.1) is 0 Å². The molecular formula is C14H22F2N2. The zero-order valence-corrected chi connectivity index (χ0v) is 11.3. The molecule has 0 saturated heterocycles. The summed E-state index contributed by atoms with van der Waals surface area (Å²) in [5, 5.41) is 3.35. The SMILES string of the molecule is CC(C)NCc1ccccc1CN(C)CC(F)F. The maximum Gasteiger partial charge on any atom is 0.251 e. The van der Waals surface area contributed by atoms with E-state index < -0.39 is 6.43 Å². The molecule has 0 radical (unpaired) electrons. The van der Waals surface area contributed by atoms with Gasteiger partial charge in [0.15, 0.2) is 0 Å². The van der Waals surface area contributed by atoms with Crippen molar-refractivity contribution in [2.75, 3.05) is 13.6 Å². The Morgan fingerprint density at radius 2 is 1.78 bits per heavy atom. The number of nitrogens with one attached hydrogen (secondary N) is 1. The van der Waals surface area contributed by atoms with Gasteiger partial charge in [0, 0.05) is 19.1 Å². The second-order valence-corrected chi connectivity index (χ2v) is 4.89. The summed E-state index contributed by atoms with van der Waals surface area (Å²) >= 11 is 0. The highest BCUT2D eigenvalue weighted by molar-refractivity contribution is 5.27. The summed E-state index contributed by atoms with van der Waals surface area (Å²) in [6.07, 6.45) is -2.28. The third kappa shape index (κ3) is 5.56. The van der Waals surface area contributed by atoms with Crippen molar-refractivity contribution in [3.63, 3.8) is 0 Å². The molecule has 1 N–H and O–H groups in total. The van der Waals surface area contributed by atoms with Gasteiger partial charge in [0.25, 0.3) is 6.43 Å². The van der Waals surface area contributed by atoms with E-state index in [9.17, 15) is 8.78 Å². The van der Waals surface area contributed by atoms with Crippen LogP contribution in [0.3, 0.4) is 0 Å². The first-order valence-electron chi connectivity index (χ1n) is 6.26. The van der Waals surface area contributed by atoms with Crippen molar-refractivity contribution in [2.45, 2.75) is 39.4 Å². The van der Waals surface area contributed by atoms with Gasteiger partial charge in [0.1, 0.15) is 0 Å². The van der Waals surface area contributed by atoms with E-state index in [4.69, 9.17) is 0 Å². The molecule has 0 aliphatic carbocycles. The van der Waals surface area contributed by atoms with Crippen LogP contribution in [0.4, 0.5) is 8.78 Å². The molecule has 0 spiro atoms. The number of alkyl halides is 2. The summed E-state index contributed by atoms with van der Waals surface area (Å²) in [5.41, 5.74) is 2.28. The third-order valence-electron chi connectivity index (χ3n) is 2.71. The molecule has 2 nitrogen and oxygen atoms in total. The van der Waals surface area contributed by atoms with E-state index in [1.165, 1.54) is 5.56 Å². The fourth-order valence-electron chi connectivity index (χ4n) is 1.79. The number of nitrogens with zero attached hydrogens (tertiary/aromatic N) is 1. The number of hydrogen-bond donors (Lipinski definition) is 1. The molecular weight excluding hydrogens is 234 g/mol. The highest BCUT2D eigenvalue weighted by atomic mass is 19.3. The molecule has 0 fully saturated rings. The lowest BCUT2D eigenvalue weighted by Crippen LogP contribution is -2.26. The Balaban J connectivity index is 2.63. The molecule has 0 aliphatic rings. The van der Waals surface area contributed by atoms with Crippen LogP contribution in [0.25, 0.3) is 0 Å². The second kappa shape index (κ2) is 7.44. The van der Waals surface area contributed by atoms with Crippen molar-refractivity contribution >= 4 is 0 Å². The van der Waals surface area contributed by atoms with Crippen LogP contribution in [0.1, 0.15) is 25.0 Å². The van der Waals surface area contributed by atoms with Gasteiger partial charge in [-0.3, -0.25) is 4.90 Å². The third-order valence-corrected chi connectivity index (χ3v) is 2.71. The van der Waals surface area contributed by atoms with E-state index in [0.717, 1.165) is 12.1 Å². The Kier molecular flexibility index (Phi) is 6.22. The highest BCUT2D eigenvalue weighted by Gasteiger charge is 2.10. The summed E-state index contributed by atoms with van der Waals surface area (Å²) in [5.74, 6) is 0. The lowest BCUT2D eigenvalue weighted by atomic mass is 10.1. The first-order valence-corrected chi connectivity index (χ1v) is 6.26. The van der Waals surface area contributed by atoms with Crippen molar-refractivity contribution < 1.29 is 8.78 Å². The molecule has 0 heterocycles. The average Bonchev–Trinajstić information content (AvgIpc) is 2.26. The Morgan fingerprint density at radius 1 is 1.17 bits per heavy atom. The van der Waals surface area contributed by atoms with Crippen molar-refractivity contribution in [1.29, 1.82) is 0 Å². The van der Waals surface area contributed by atoms with Gasteiger partial charge in [0.05, 0.1) is 6.54 Å². The molecule has 102 valence electrons. The first-order chi connectivity index (χ1) is 8.49. The maximum atomic E-state index is 12.3. The molecule has 1 aromatic rings. The molecule has 0 unspecified atom stereocenters. The quantitative estimate of drug-likeness (QED) is 0.807. The van der Waals surface area contributed by atoms with E-state index in [1.807, 2.05) is 24.3 Å². The molecule has 0 aromatic heterocycles. The monoisotopic (exact) mass is 256 g/mol. The van der Waals surface area contributed by atoms with Gasteiger partial charge in [0.2, 0.25) is 0 Å². The van der Waals surface area contributed by atoms with Crippen LogP contribution in [0.5, 0.6) is 0 Å². The Hall–Kier alpha value is -1.00. The van der Waals surface area contributed by atoms with E-state index in [-0.39, 0.29) is 6.54 Å². The number of hydrogen-bond acceptors (Lipinski definition) is 2. The smallest absolute Gasteiger partial charge is 0.251 e. The second-order valence-electron chi connectivity index (χ2n) is 4.89. The molecule has 0 atom stereocenters. The summed E-state index contributed by atoms with van der Waals surface area (Å²) in [6.45, 7) is 5.32. The minimum Gasteiger partial charge on any atom is -0.310 e. The van der Waals surface area contributed by atoms with E-state index in [2.05, 4.69) is 19.2 Å². The van der Waals surface area contributed by atoms with Gasteiger partial charge in [-0.25, -0.2) is 8.78 Å². The molecule has 18 heavy (non-hydrogen) atoms. The number of benzene rings is 1. The largest absolute Gasteiger partial charge is 0.310 e. The minimum absolute atomic E-state index is 0.189. The van der Waals surface area contributed by atoms with Crippen LogP contribution < -0.4 is 5.32 Å². The lowest BCUT2D eigenvalue weighted by Gasteiger charge is -2.19. The lowest BCUT2D eigenvalue weighted by molar-refractivity contribution is 0.0974. The fourth-order valence-corrected chi connectivity index (χ4v) is 1.79. The molecule has 4 heteroatoms. The summed E-state index contributed by atoms with van der Waals surface area (Å²) in [6, 6.07) is 8.38. The predicted octanol–water partition coefficient (Wildman–Crippen LogP) is 2.88. The summed E-state index contributed by atoms with van der Waals surface area (Å²) in [4.78, 5) is 1.65. The van der Waals surface area contributed by atoms with E-state index in [0.29, 0.717) is 12.6 Å². The van der Waals surface area contributed by atoms with Crippen LogP contribution in [-0.2, 0) is 13.1 Å². The molecule has 1 rings (SSSR count). The van der Waals surface area contributed by atoms with Crippen molar-refractivity contribution in [1.82, 2.24) is 10.2 Å². The van der Waals surface area contributed by atoms with Crippen LogP contribution >= 0.6 is 0 Å². The number of halogens is 2. The Labute approximate surface area is 108 Å². The van der Waals surface area contributed by atoms with Gasteiger partial charge in [-0.05, 0) is 18.2 Å². The molecule has 1 aromatic carbocycles. The summed E-state index contributed by atoms with van der Waals surface area (Å²) < 4.78 is 24.6. The molecule has 0 aliphatic heterocycles. The van der Waals surface area contributed by atoms with Gasteiger partial charge in [-0.15, -0.1) is 0 Å². The topological polar surface area (TPSA) is 15.3 Å². The highest BCUT2D eigenvalue weighted by Crippen LogP contribution is 2.12. The van der Waals surface area contributed by atoms with Crippen molar-refractivity contribution in [3.8, 4) is 0 Å². The Bertz CT molecular complexity index is 353. The van der Waals surface area contributed by atoms with Gasteiger partial charge in [-0.1, -0.05) is 38.1 Å². The van der Waals surface area contributed by atoms with Gasteiger partial charge in [-0.2, -0.15) is 0 Å². The Morgan fingerprint density at radius 3 is 2.33 bits per heavy atom. The van der Waals surface area contributed by atoms with Gasteiger partial charge >= 0.3 is 0 Å². The first kappa shape index (κ1) is 15.1. The molecule has 0 amide bonds. The predicted molar refractivity (Wildman–Crippen MR) is 70.8 cm³/mol.